The van der Waals surface area contributed by atoms with Crippen LogP contribution in [-0.2, 0) is 4.57 Å². The Morgan fingerprint density at radius 2 is 1.26 bits per heavy atom. The molecule has 39 heavy (non-hydrogen) atoms. The summed E-state index contributed by atoms with van der Waals surface area (Å²) in [5, 5.41) is 4.10. The van der Waals surface area contributed by atoms with E-state index >= 15 is 4.57 Å². The molecule has 6 aromatic rings. The van der Waals surface area contributed by atoms with Crippen LogP contribution < -0.4 is 5.30 Å². The van der Waals surface area contributed by atoms with Gasteiger partial charge in [0.2, 0.25) is 7.29 Å². The van der Waals surface area contributed by atoms with Crippen molar-refractivity contribution < 1.29 is 4.57 Å². The third-order valence-electron chi connectivity index (χ3n) is 8.30. The Bertz CT molecular complexity index is 2010. The summed E-state index contributed by atoms with van der Waals surface area (Å²) in [4.78, 5) is 0. The number of benzene rings is 4. The highest BCUT2D eigenvalue weighted by Crippen LogP contribution is 2.63. The number of hydrogen-bond acceptors (Lipinski definition) is 1. The monoisotopic (exact) mass is 522 g/mol. The maximum atomic E-state index is 15.8. The standard InChI is InChI=1S/C35H27N2OP/c1-24-17-20-33-32(21-24)36-22-30(25-11-5-2-6-12-25)28-18-19-29-31(26-13-7-3-8-14-26)23-37(35(29)34(28)36)39(33,38)27-15-9-4-10-16-27/h2-20,22-24H,21H2,1H3. The first kappa shape index (κ1) is 22.6. The number of hydrogen-bond donors (Lipinski definition) is 0. The van der Waals surface area contributed by atoms with Crippen LogP contribution in [0, 0.1) is 5.92 Å². The van der Waals surface area contributed by atoms with E-state index in [4.69, 9.17) is 0 Å². The SMILES string of the molecule is CC1C=CC2=C(C1)n1cc(-c3ccccc3)c3ccc4c(-c5ccccc5)cn(c4c31)P2(=O)c1ccccc1. The highest BCUT2D eigenvalue weighted by Gasteiger charge is 2.40. The van der Waals surface area contributed by atoms with Crippen molar-refractivity contribution in [1.29, 1.82) is 0 Å². The Morgan fingerprint density at radius 1 is 0.692 bits per heavy atom. The third kappa shape index (κ3) is 3.14. The second-order valence-corrected chi connectivity index (χ2v) is 13.3. The fourth-order valence-corrected chi connectivity index (χ4v) is 9.41. The number of allylic oxidation sites excluding steroid dienone is 4. The van der Waals surface area contributed by atoms with Crippen molar-refractivity contribution in [3.05, 3.63) is 133 Å². The average Bonchev–Trinajstić information content (AvgIpc) is 3.55. The number of fused-ring (bicyclic) bond motifs is 1. The van der Waals surface area contributed by atoms with Crippen LogP contribution in [0.25, 0.3) is 49.8 Å². The van der Waals surface area contributed by atoms with Crippen molar-refractivity contribution in [1.82, 2.24) is 8.90 Å². The number of nitrogens with zero attached hydrogens (tertiary/aromatic N) is 2. The molecule has 3 nitrogen and oxygen atoms in total. The predicted octanol–water partition coefficient (Wildman–Crippen LogP) is 9.16. The van der Waals surface area contributed by atoms with E-state index in [1.54, 1.807) is 0 Å². The summed E-state index contributed by atoms with van der Waals surface area (Å²) in [5.41, 5.74) is 7.94. The maximum absolute atomic E-state index is 15.8. The maximum Gasteiger partial charge on any atom is 0.235 e. The minimum atomic E-state index is -3.25. The molecule has 4 heteroatoms. The molecule has 2 aliphatic rings. The number of aromatic nitrogens is 2. The molecule has 8 rings (SSSR count). The van der Waals surface area contributed by atoms with Crippen LogP contribution in [0.1, 0.15) is 13.3 Å². The molecule has 188 valence electrons. The van der Waals surface area contributed by atoms with Gasteiger partial charge in [-0.3, -0.25) is 8.90 Å². The molecule has 0 amide bonds. The van der Waals surface area contributed by atoms with Crippen LogP contribution in [0.4, 0.5) is 0 Å². The lowest BCUT2D eigenvalue weighted by atomic mass is 9.99. The highest BCUT2D eigenvalue weighted by atomic mass is 31.2. The van der Waals surface area contributed by atoms with Gasteiger partial charge in [-0.05, 0) is 35.6 Å². The van der Waals surface area contributed by atoms with Crippen molar-refractivity contribution >= 4 is 40.1 Å². The molecule has 2 unspecified atom stereocenters. The Kier molecular flexibility index (Phi) is 4.84. The zero-order valence-electron chi connectivity index (χ0n) is 21.7. The highest BCUT2D eigenvalue weighted by molar-refractivity contribution is 7.74. The Labute approximate surface area is 227 Å². The van der Waals surface area contributed by atoms with E-state index in [1.807, 2.05) is 36.4 Å². The zero-order valence-corrected chi connectivity index (χ0v) is 22.6. The van der Waals surface area contributed by atoms with Gasteiger partial charge in [0.25, 0.3) is 0 Å². The van der Waals surface area contributed by atoms with Gasteiger partial charge in [0.1, 0.15) is 0 Å². The van der Waals surface area contributed by atoms with E-state index in [9.17, 15) is 0 Å². The van der Waals surface area contributed by atoms with Crippen LogP contribution in [0.5, 0.6) is 0 Å². The van der Waals surface area contributed by atoms with E-state index in [0.717, 1.165) is 50.3 Å². The summed E-state index contributed by atoms with van der Waals surface area (Å²) < 4.78 is 20.3. The molecule has 0 fully saturated rings. The molecule has 2 aromatic heterocycles. The molecular formula is C35H27N2OP. The molecule has 3 heterocycles. The average molecular weight is 523 g/mol. The van der Waals surface area contributed by atoms with Crippen molar-refractivity contribution in [2.45, 2.75) is 13.3 Å². The summed E-state index contributed by atoms with van der Waals surface area (Å²) in [5.74, 6) is 0.363. The van der Waals surface area contributed by atoms with Gasteiger partial charge >= 0.3 is 0 Å². The lowest BCUT2D eigenvalue weighted by Crippen LogP contribution is -2.15. The lowest BCUT2D eigenvalue weighted by molar-refractivity contribution is 0.580. The summed E-state index contributed by atoms with van der Waals surface area (Å²) >= 11 is 0. The van der Waals surface area contributed by atoms with Gasteiger partial charge in [0.15, 0.2) is 0 Å². The largest absolute Gasteiger partial charge is 0.317 e. The molecule has 1 aliphatic carbocycles. The van der Waals surface area contributed by atoms with E-state index in [2.05, 4.69) is 107 Å². The molecule has 2 atom stereocenters. The first-order chi connectivity index (χ1) is 19.1. The minimum absolute atomic E-state index is 0.363. The van der Waals surface area contributed by atoms with Crippen LogP contribution in [0.15, 0.2) is 133 Å². The van der Waals surface area contributed by atoms with Crippen LogP contribution in [-0.4, -0.2) is 8.90 Å². The van der Waals surface area contributed by atoms with E-state index in [1.165, 1.54) is 16.5 Å². The van der Waals surface area contributed by atoms with Gasteiger partial charge in [-0.2, -0.15) is 0 Å². The van der Waals surface area contributed by atoms with E-state index in [-0.39, 0.29) is 0 Å². The van der Waals surface area contributed by atoms with Gasteiger partial charge in [0, 0.05) is 45.3 Å². The van der Waals surface area contributed by atoms with Crippen molar-refractivity contribution in [2.75, 3.05) is 0 Å². The fraction of sp³-hybridized carbons (Fsp3) is 0.0857. The molecular weight excluding hydrogens is 495 g/mol. The smallest absolute Gasteiger partial charge is 0.235 e. The minimum Gasteiger partial charge on any atom is -0.317 e. The first-order valence-corrected chi connectivity index (χ1v) is 15.2. The fourth-order valence-electron chi connectivity index (χ4n) is 6.48. The molecule has 0 N–H and O–H groups in total. The van der Waals surface area contributed by atoms with Crippen molar-refractivity contribution in [2.24, 2.45) is 5.92 Å². The second-order valence-electron chi connectivity index (χ2n) is 10.7. The molecule has 1 aliphatic heterocycles. The second kappa shape index (κ2) is 8.33. The van der Waals surface area contributed by atoms with Crippen LogP contribution >= 0.6 is 7.29 Å². The molecule has 0 bridgehead atoms. The summed E-state index contributed by atoms with van der Waals surface area (Å²) in [6.45, 7) is 2.24. The Morgan fingerprint density at radius 3 is 1.90 bits per heavy atom. The lowest BCUT2D eigenvalue weighted by Gasteiger charge is -2.27. The first-order valence-electron chi connectivity index (χ1n) is 13.5. The molecule has 4 aromatic carbocycles. The normalized spacial score (nSPS) is 20.1. The third-order valence-corrected chi connectivity index (χ3v) is 11.3. The Balaban J connectivity index is 1.59. The predicted molar refractivity (Wildman–Crippen MR) is 164 cm³/mol. The Hall–Kier alpha value is -4.33. The van der Waals surface area contributed by atoms with Gasteiger partial charge in [0.05, 0.1) is 16.3 Å². The van der Waals surface area contributed by atoms with Gasteiger partial charge in [-0.25, -0.2) is 0 Å². The van der Waals surface area contributed by atoms with Gasteiger partial charge in [-0.1, -0.05) is 110 Å². The van der Waals surface area contributed by atoms with Crippen molar-refractivity contribution in [3.63, 3.8) is 0 Å². The summed E-state index contributed by atoms with van der Waals surface area (Å²) in [6, 6.07) is 35.6. The molecule has 0 saturated carbocycles. The topological polar surface area (TPSA) is 26.9 Å². The van der Waals surface area contributed by atoms with Crippen LogP contribution in [0.2, 0.25) is 0 Å². The van der Waals surface area contributed by atoms with Gasteiger partial charge in [-0.15, -0.1) is 0 Å². The van der Waals surface area contributed by atoms with E-state index < -0.39 is 7.29 Å². The molecule has 0 saturated heterocycles. The zero-order chi connectivity index (χ0) is 26.1. The summed E-state index contributed by atoms with van der Waals surface area (Å²) in [6.07, 6.45) is 9.63. The van der Waals surface area contributed by atoms with Crippen molar-refractivity contribution in [3.8, 4) is 22.3 Å². The number of rotatable bonds is 3. The molecule has 0 radical (unpaired) electrons. The van der Waals surface area contributed by atoms with E-state index in [0.29, 0.717) is 5.92 Å². The molecule has 0 spiro atoms. The summed E-state index contributed by atoms with van der Waals surface area (Å²) in [7, 11) is -3.25. The quantitative estimate of drug-likeness (QED) is 0.213. The van der Waals surface area contributed by atoms with Gasteiger partial charge < -0.3 is 4.57 Å². The van der Waals surface area contributed by atoms with Crippen LogP contribution in [0.3, 0.4) is 0 Å².